The van der Waals surface area contributed by atoms with E-state index in [0.717, 1.165) is 0 Å². The SMILES string of the molecule is C=CC(C)OP. The number of rotatable bonds is 2. The zero-order valence-electron chi connectivity index (χ0n) is 3.85. The summed E-state index contributed by atoms with van der Waals surface area (Å²) in [4.78, 5) is 0. The Kier molecular flexibility index (Phi) is 3.40. The van der Waals surface area contributed by atoms with Crippen LogP contribution in [0.4, 0.5) is 0 Å². The van der Waals surface area contributed by atoms with Crippen LogP contribution in [0.1, 0.15) is 6.92 Å². The van der Waals surface area contributed by atoms with Crippen molar-refractivity contribution in [1.29, 1.82) is 0 Å². The number of hydrogen-bond donors (Lipinski definition) is 0. The fraction of sp³-hybridized carbons (Fsp3) is 0.500. The molecule has 2 unspecified atom stereocenters. The van der Waals surface area contributed by atoms with Crippen molar-refractivity contribution in [1.82, 2.24) is 0 Å². The van der Waals surface area contributed by atoms with Gasteiger partial charge in [0, 0.05) is 9.47 Å². The van der Waals surface area contributed by atoms with E-state index in [-0.39, 0.29) is 6.10 Å². The highest BCUT2D eigenvalue weighted by molar-refractivity contribution is 7.09. The number of hydrogen-bond acceptors (Lipinski definition) is 1. The molecule has 0 aromatic rings. The fourth-order valence-electron chi connectivity index (χ4n) is 0.0556. The molecule has 36 valence electrons. The van der Waals surface area contributed by atoms with E-state index < -0.39 is 0 Å². The molecule has 2 atom stereocenters. The van der Waals surface area contributed by atoms with Gasteiger partial charge in [0.1, 0.15) is 0 Å². The van der Waals surface area contributed by atoms with Crippen LogP contribution in [0, 0.1) is 0 Å². The van der Waals surface area contributed by atoms with Gasteiger partial charge in [-0.2, -0.15) is 0 Å². The minimum absolute atomic E-state index is 0.162. The first-order valence-electron chi connectivity index (χ1n) is 1.79. The van der Waals surface area contributed by atoms with Gasteiger partial charge in [-0.15, -0.1) is 6.58 Å². The first-order chi connectivity index (χ1) is 2.81. The molecule has 1 nitrogen and oxygen atoms in total. The first-order valence-corrected chi connectivity index (χ1v) is 2.26. The highest BCUT2D eigenvalue weighted by atomic mass is 31.0. The van der Waals surface area contributed by atoms with E-state index in [1.54, 1.807) is 6.08 Å². The molecular formula is C4H9OP. The standard InChI is InChI=1S/C4H9OP/c1-3-4(2)5-6/h3-4H,1,6H2,2H3. The molecule has 0 aliphatic heterocycles. The van der Waals surface area contributed by atoms with Crippen molar-refractivity contribution in [3.05, 3.63) is 12.7 Å². The first kappa shape index (κ1) is 6.13. The van der Waals surface area contributed by atoms with E-state index in [1.807, 2.05) is 6.92 Å². The van der Waals surface area contributed by atoms with Gasteiger partial charge in [0.2, 0.25) is 0 Å². The molecule has 6 heavy (non-hydrogen) atoms. The van der Waals surface area contributed by atoms with Crippen molar-refractivity contribution in [2.75, 3.05) is 0 Å². The lowest BCUT2D eigenvalue weighted by Crippen LogP contribution is -1.91. The normalized spacial score (nSPS) is 13.7. The molecule has 0 radical (unpaired) electrons. The van der Waals surface area contributed by atoms with Gasteiger partial charge >= 0.3 is 0 Å². The summed E-state index contributed by atoms with van der Waals surface area (Å²) in [6.45, 7) is 5.41. The third kappa shape index (κ3) is 2.37. The third-order valence-corrected chi connectivity index (χ3v) is 0.976. The van der Waals surface area contributed by atoms with Crippen LogP contribution in [0.3, 0.4) is 0 Å². The van der Waals surface area contributed by atoms with Gasteiger partial charge in [0.15, 0.2) is 0 Å². The van der Waals surface area contributed by atoms with E-state index in [4.69, 9.17) is 4.52 Å². The molecule has 2 heteroatoms. The second-order valence-electron chi connectivity index (χ2n) is 1.08. The Hall–Kier alpha value is 0.130. The Morgan fingerprint density at radius 1 is 2.00 bits per heavy atom. The van der Waals surface area contributed by atoms with Crippen LogP contribution in [0.15, 0.2) is 12.7 Å². The lowest BCUT2D eigenvalue weighted by Gasteiger charge is -1.96. The highest BCUT2D eigenvalue weighted by Crippen LogP contribution is 1.94. The van der Waals surface area contributed by atoms with Crippen LogP contribution < -0.4 is 0 Å². The van der Waals surface area contributed by atoms with Gasteiger partial charge in [-0.3, -0.25) is 0 Å². The summed E-state index contributed by atoms with van der Waals surface area (Å²) in [7, 11) is 2.17. The van der Waals surface area contributed by atoms with Crippen LogP contribution in [0.5, 0.6) is 0 Å². The van der Waals surface area contributed by atoms with Crippen LogP contribution in [-0.4, -0.2) is 6.10 Å². The molecule has 0 N–H and O–H groups in total. The van der Waals surface area contributed by atoms with Crippen molar-refractivity contribution in [3.63, 3.8) is 0 Å². The molecule has 0 rings (SSSR count). The summed E-state index contributed by atoms with van der Waals surface area (Å²) in [5, 5.41) is 0. The van der Waals surface area contributed by atoms with E-state index >= 15 is 0 Å². The average Bonchev–Trinajstić information content (AvgIpc) is 1.65. The van der Waals surface area contributed by atoms with Crippen molar-refractivity contribution in [2.45, 2.75) is 13.0 Å². The van der Waals surface area contributed by atoms with E-state index in [9.17, 15) is 0 Å². The van der Waals surface area contributed by atoms with Crippen molar-refractivity contribution in [3.8, 4) is 0 Å². The maximum Gasteiger partial charge on any atom is 0.0760 e. The predicted molar refractivity (Wildman–Crippen MR) is 30.5 cm³/mol. The van der Waals surface area contributed by atoms with Gasteiger partial charge in [-0.05, 0) is 6.92 Å². The fourth-order valence-corrected chi connectivity index (χ4v) is 0.167. The van der Waals surface area contributed by atoms with Gasteiger partial charge in [0.25, 0.3) is 0 Å². The Labute approximate surface area is 40.7 Å². The Balaban J connectivity index is 2.96. The molecule has 0 saturated carbocycles. The summed E-state index contributed by atoms with van der Waals surface area (Å²) in [5.41, 5.74) is 0. The van der Waals surface area contributed by atoms with E-state index in [1.165, 1.54) is 0 Å². The molecule has 0 aromatic carbocycles. The lowest BCUT2D eigenvalue weighted by molar-refractivity contribution is 0.319. The van der Waals surface area contributed by atoms with Gasteiger partial charge in [-0.1, -0.05) is 6.08 Å². The summed E-state index contributed by atoms with van der Waals surface area (Å²) in [6, 6.07) is 0. The zero-order chi connectivity index (χ0) is 4.99. The minimum Gasteiger partial charge on any atom is -0.359 e. The monoisotopic (exact) mass is 104 g/mol. The summed E-state index contributed by atoms with van der Waals surface area (Å²) >= 11 is 0. The molecule has 0 heterocycles. The Morgan fingerprint density at radius 2 is 2.50 bits per heavy atom. The van der Waals surface area contributed by atoms with Crippen molar-refractivity contribution >= 4 is 9.47 Å². The van der Waals surface area contributed by atoms with Crippen LogP contribution >= 0.6 is 9.47 Å². The molecule has 0 fully saturated rings. The third-order valence-electron chi connectivity index (χ3n) is 0.547. The zero-order valence-corrected chi connectivity index (χ0v) is 5.00. The summed E-state index contributed by atoms with van der Waals surface area (Å²) in [6.07, 6.45) is 1.89. The molecular weight excluding hydrogens is 95.0 g/mol. The van der Waals surface area contributed by atoms with E-state index in [2.05, 4.69) is 16.0 Å². The van der Waals surface area contributed by atoms with Crippen molar-refractivity contribution < 1.29 is 4.52 Å². The van der Waals surface area contributed by atoms with Crippen molar-refractivity contribution in [2.24, 2.45) is 0 Å². The van der Waals surface area contributed by atoms with Crippen LogP contribution in [0.2, 0.25) is 0 Å². The molecule has 0 amide bonds. The smallest absolute Gasteiger partial charge is 0.0760 e. The highest BCUT2D eigenvalue weighted by Gasteiger charge is 1.83. The molecule has 0 aliphatic carbocycles. The molecule has 0 spiro atoms. The Bertz CT molecular complexity index is 44.8. The van der Waals surface area contributed by atoms with Crippen LogP contribution in [-0.2, 0) is 4.52 Å². The average molecular weight is 104 g/mol. The Morgan fingerprint density at radius 3 is 2.50 bits per heavy atom. The topological polar surface area (TPSA) is 9.23 Å². The molecule has 0 aliphatic rings. The second kappa shape index (κ2) is 3.32. The molecule has 0 bridgehead atoms. The maximum atomic E-state index is 4.70. The van der Waals surface area contributed by atoms with Gasteiger partial charge in [-0.25, -0.2) is 0 Å². The lowest BCUT2D eigenvalue weighted by atomic mass is 10.4. The quantitative estimate of drug-likeness (QED) is 0.379. The molecule has 0 aromatic heterocycles. The molecule has 0 saturated heterocycles. The van der Waals surface area contributed by atoms with E-state index in [0.29, 0.717) is 0 Å². The summed E-state index contributed by atoms with van der Waals surface area (Å²) in [5.74, 6) is 0. The minimum atomic E-state index is 0.162. The summed E-state index contributed by atoms with van der Waals surface area (Å²) < 4.78 is 4.70. The predicted octanol–water partition coefficient (Wildman–Crippen LogP) is 1.37. The maximum absolute atomic E-state index is 4.70. The van der Waals surface area contributed by atoms with Crippen LogP contribution in [0.25, 0.3) is 0 Å². The van der Waals surface area contributed by atoms with Gasteiger partial charge < -0.3 is 4.52 Å². The second-order valence-corrected chi connectivity index (χ2v) is 1.35. The largest absolute Gasteiger partial charge is 0.359 e. The van der Waals surface area contributed by atoms with Gasteiger partial charge in [0.05, 0.1) is 6.10 Å².